The number of nitrogens with one attached hydrogen (secondary N) is 1. The van der Waals surface area contributed by atoms with Crippen LogP contribution >= 0.6 is 22.9 Å². The van der Waals surface area contributed by atoms with Gasteiger partial charge in [-0.15, -0.1) is 11.3 Å². The van der Waals surface area contributed by atoms with Crippen molar-refractivity contribution in [1.29, 1.82) is 0 Å². The molecule has 0 bridgehead atoms. The molecule has 3 nitrogen and oxygen atoms in total. The Morgan fingerprint density at radius 3 is 3.05 bits per heavy atom. The van der Waals surface area contributed by atoms with Crippen molar-refractivity contribution in [3.63, 3.8) is 0 Å². The van der Waals surface area contributed by atoms with Crippen LogP contribution in [-0.4, -0.2) is 11.5 Å². The lowest BCUT2D eigenvalue weighted by Gasteiger charge is -2.26. The number of thiazole rings is 1. The molecule has 1 aromatic heterocycles. The number of hydrogen-bond donors (Lipinski definition) is 1. The smallest absolute Gasteiger partial charge is 0.167 e. The van der Waals surface area contributed by atoms with Crippen molar-refractivity contribution in [3.05, 3.63) is 52.2 Å². The van der Waals surface area contributed by atoms with Gasteiger partial charge in [-0.2, -0.15) is 0 Å². The van der Waals surface area contributed by atoms with E-state index in [-0.39, 0.29) is 11.1 Å². The molecule has 1 aliphatic rings. The second kappa shape index (κ2) is 4.86. The highest BCUT2D eigenvalue weighted by Gasteiger charge is 2.25. The first-order chi connectivity index (χ1) is 10.2. The fraction of sp³-hybridized carbons (Fsp3) is 0.133. The standard InChI is InChI=1S/C15H10ClFN2OS/c16-8-5-11-12(6-9(8)17)20-13(7-18-11)15-19-10-3-1-2-4-14(10)21-15/h1-6,13,18H,7H2. The lowest BCUT2D eigenvalue weighted by Crippen LogP contribution is -2.23. The van der Waals surface area contributed by atoms with Crippen LogP contribution in [0, 0.1) is 5.82 Å². The number of anilines is 1. The summed E-state index contributed by atoms with van der Waals surface area (Å²) in [4.78, 5) is 4.58. The van der Waals surface area contributed by atoms with Crippen LogP contribution in [0.25, 0.3) is 10.2 Å². The molecule has 2 aromatic carbocycles. The van der Waals surface area contributed by atoms with Gasteiger partial charge in [0.05, 0.1) is 27.5 Å². The second-order valence-corrected chi connectivity index (χ2v) is 6.24. The average molecular weight is 321 g/mol. The zero-order chi connectivity index (χ0) is 14.4. The Balaban J connectivity index is 1.70. The Morgan fingerprint density at radius 2 is 2.19 bits per heavy atom. The van der Waals surface area contributed by atoms with E-state index < -0.39 is 5.82 Å². The summed E-state index contributed by atoms with van der Waals surface area (Å²) in [5, 5.41) is 4.18. The molecule has 0 saturated carbocycles. The van der Waals surface area contributed by atoms with Gasteiger partial charge in [-0.25, -0.2) is 9.37 Å². The van der Waals surface area contributed by atoms with E-state index in [1.165, 1.54) is 6.07 Å². The molecule has 106 valence electrons. The zero-order valence-electron chi connectivity index (χ0n) is 10.8. The molecule has 1 atom stereocenters. The number of nitrogens with zero attached hydrogens (tertiary/aromatic N) is 1. The lowest BCUT2D eigenvalue weighted by molar-refractivity contribution is 0.209. The third-order valence-corrected chi connectivity index (χ3v) is 4.77. The summed E-state index contributed by atoms with van der Waals surface area (Å²) >= 11 is 7.36. The monoisotopic (exact) mass is 320 g/mol. The largest absolute Gasteiger partial charge is 0.479 e. The number of hydrogen-bond acceptors (Lipinski definition) is 4. The van der Waals surface area contributed by atoms with Crippen LogP contribution in [0.3, 0.4) is 0 Å². The predicted molar refractivity (Wildman–Crippen MR) is 82.9 cm³/mol. The molecule has 0 aliphatic carbocycles. The molecule has 1 N–H and O–H groups in total. The molecule has 21 heavy (non-hydrogen) atoms. The highest BCUT2D eigenvalue weighted by Crippen LogP contribution is 2.38. The normalized spacial score (nSPS) is 17.1. The van der Waals surface area contributed by atoms with Gasteiger partial charge < -0.3 is 10.1 Å². The third kappa shape index (κ3) is 2.22. The first kappa shape index (κ1) is 12.9. The summed E-state index contributed by atoms with van der Waals surface area (Å²) in [6, 6.07) is 10.8. The Kier molecular flexibility index (Phi) is 2.97. The highest BCUT2D eigenvalue weighted by molar-refractivity contribution is 7.18. The number of para-hydroxylation sites is 1. The fourth-order valence-corrected chi connectivity index (χ4v) is 3.49. The highest BCUT2D eigenvalue weighted by atomic mass is 35.5. The van der Waals surface area contributed by atoms with E-state index in [0.717, 1.165) is 15.2 Å². The van der Waals surface area contributed by atoms with Crippen LogP contribution in [0.4, 0.5) is 10.1 Å². The molecule has 3 aromatic rings. The van der Waals surface area contributed by atoms with Gasteiger partial charge in [-0.05, 0) is 18.2 Å². The Hall–Kier alpha value is -1.85. The zero-order valence-corrected chi connectivity index (χ0v) is 12.3. The Morgan fingerprint density at radius 1 is 1.33 bits per heavy atom. The minimum atomic E-state index is -0.484. The van der Waals surface area contributed by atoms with Gasteiger partial charge in [0.1, 0.15) is 16.6 Å². The van der Waals surface area contributed by atoms with E-state index in [4.69, 9.17) is 16.3 Å². The van der Waals surface area contributed by atoms with Crippen LogP contribution in [0.1, 0.15) is 11.1 Å². The van der Waals surface area contributed by atoms with Crippen molar-refractivity contribution in [2.45, 2.75) is 6.10 Å². The van der Waals surface area contributed by atoms with E-state index >= 15 is 0 Å². The second-order valence-electron chi connectivity index (χ2n) is 4.77. The number of benzene rings is 2. The van der Waals surface area contributed by atoms with Gasteiger partial charge in [0.15, 0.2) is 6.10 Å². The van der Waals surface area contributed by atoms with Crippen LogP contribution in [0.2, 0.25) is 5.02 Å². The van der Waals surface area contributed by atoms with Crippen molar-refractivity contribution >= 4 is 38.8 Å². The van der Waals surface area contributed by atoms with Crippen molar-refractivity contribution < 1.29 is 9.13 Å². The average Bonchev–Trinajstić information content (AvgIpc) is 2.92. The fourth-order valence-electron chi connectivity index (χ4n) is 2.33. The predicted octanol–water partition coefficient (Wildman–Crippen LogP) is 4.63. The summed E-state index contributed by atoms with van der Waals surface area (Å²) in [7, 11) is 0. The third-order valence-electron chi connectivity index (χ3n) is 3.36. The summed E-state index contributed by atoms with van der Waals surface area (Å²) < 4.78 is 20.5. The van der Waals surface area contributed by atoms with Crippen LogP contribution in [-0.2, 0) is 0 Å². The number of fused-ring (bicyclic) bond motifs is 2. The molecule has 0 spiro atoms. The van der Waals surface area contributed by atoms with Gasteiger partial charge in [0, 0.05) is 6.07 Å². The van der Waals surface area contributed by atoms with Crippen molar-refractivity contribution in [2.75, 3.05) is 11.9 Å². The molecular weight excluding hydrogens is 311 g/mol. The molecule has 4 rings (SSSR count). The van der Waals surface area contributed by atoms with Crippen LogP contribution < -0.4 is 10.1 Å². The number of ether oxygens (including phenoxy) is 1. The van der Waals surface area contributed by atoms with Crippen molar-refractivity contribution in [2.24, 2.45) is 0 Å². The van der Waals surface area contributed by atoms with E-state index in [2.05, 4.69) is 10.3 Å². The molecule has 1 aliphatic heterocycles. The molecule has 0 saturated heterocycles. The molecule has 1 unspecified atom stereocenters. The molecule has 0 amide bonds. The Labute approximate surface area is 129 Å². The SMILES string of the molecule is Fc1cc2c(cc1Cl)NCC(c1nc3ccccc3s1)O2. The van der Waals surface area contributed by atoms with Crippen LogP contribution in [0.15, 0.2) is 36.4 Å². The minimum absolute atomic E-state index is 0.0864. The van der Waals surface area contributed by atoms with E-state index in [9.17, 15) is 4.39 Å². The lowest BCUT2D eigenvalue weighted by atomic mass is 10.2. The summed E-state index contributed by atoms with van der Waals surface area (Å²) in [5.74, 6) is -0.0189. The quantitative estimate of drug-likeness (QED) is 0.709. The topological polar surface area (TPSA) is 34.2 Å². The first-order valence-corrected chi connectivity index (χ1v) is 7.65. The first-order valence-electron chi connectivity index (χ1n) is 6.46. The van der Waals surface area contributed by atoms with Crippen molar-refractivity contribution in [1.82, 2.24) is 4.98 Å². The molecule has 0 fully saturated rings. The summed E-state index contributed by atoms with van der Waals surface area (Å²) in [6.45, 7) is 0.578. The van der Waals surface area contributed by atoms with Crippen molar-refractivity contribution in [3.8, 4) is 5.75 Å². The number of halogens is 2. The van der Waals surface area contributed by atoms with E-state index in [0.29, 0.717) is 18.0 Å². The van der Waals surface area contributed by atoms with Gasteiger partial charge in [0.2, 0.25) is 0 Å². The van der Waals surface area contributed by atoms with Gasteiger partial charge in [0.25, 0.3) is 0 Å². The van der Waals surface area contributed by atoms with E-state index in [1.807, 2.05) is 24.3 Å². The van der Waals surface area contributed by atoms with E-state index in [1.54, 1.807) is 17.4 Å². The number of aromatic nitrogens is 1. The minimum Gasteiger partial charge on any atom is -0.479 e. The van der Waals surface area contributed by atoms with Gasteiger partial charge in [-0.3, -0.25) is 0 Å². The molecular formula is C15H10ClFN2OS. The molecule has 6 heteroatoms. The maximum atomic E-state index is 13.6. The molecule has 0 radical (unpaired) electrons. The van der Waals surface area contributed by atoms with Gasteiger partial charge >= 0.3 is 0 Å². The number of rotatable bonds is 1. The maximum Gasteiger partial charge on any atom is 0.167 e. The molecule has 2 heterocycles. The van der Waals surface area contributed by atoms with Crippen LogP contribution in [0.5, 0.6) is 5.75 Å². The summed E-state index contributed by atoms with van der Waals surface area (Å²) in [6.07, 6.45) is -0.226. The van der Waals surface area contributed by atoms with Gasteiger partial charge in [-0.1, -0.05) is 23.7 Å². The maximum absolute atomic E-state index is 13.6. The Bertz CT molecular complexity index is 803. The summed E-state index contributed by atoms with van der Waals surface area (Å²) in [5.41, 5.74) is 1.66.